The molecule has 3 nitrogen and oxygen atoms in total. The minimum atomic E-state index is -0.348. The Morgan fingerprint density at radius 1 is 1.24 bits per heavy atom. The van der Waals surface area contributed by atoms with E-state index in [0.29, 0.717) is 11.8 Å². The highest BCUT2D eigenvalue weighted by molar-refractivity contribution is 5.20. The molecule has 2 aliphatic carbocycles. The first-order chi connectivity index (χ1) is 12.2. The predicted molar refractivity (Wildman–Crippen MR) is 105 cm³/mol. The van der Waals surface area contributed by atoms with Crippen molar-refractivity contribution in [1.29, 1.82) is 0 Å². The lowest BCUT2D eigenvalue weighted by atomic mass is 9.88. The molecule has 0 bridgehead atoms. The average Bonchev–Trinajstić information content (AvgIpc) is 3.09. The molecule has 5 atom stereocenters. The molecule has 0 aromatic rings. The molecular formula is C22H39NO2. The lowest BCUT2D eigenvalue weighted by Gasteiger charge is -2.19. The summed E-state index contributed by atoms with van der Waals surface area (Å²) in [5, 5.41) is 23.7. The molecule has 0 radical (unpaired) electrons. The number of fused-ring (bicyclic) bond motifs is 1. The van der Waals surface area contributed by atoms with Crippen molar-refractivity contribution in [3.8, 4) is 0 Å². The highest BCUT2D eigenvalue weighted by Crippen LogP contribution is 2.48. The van der Waals surface area contributed by atoms with Gasteiger partial charge in [-0.15, -0.1) is 0 Å². The van der Waals surface area contributed by atoms with Crippen LogP contribution in [0, 0.1) is 17.8 Å². The Morgan fingerprint density at radius 3 is 2.84 bits per heavy atom. The van der Waals surface area contributed by atoms with Crippen molar-refractivity contribution in [3.63, 3.8) is 0 Å². The van der Waals surface area contributed by atoms with Gasteiger partial charge < -0.3 is 15.5 Å². The van der Waals surface area contributed by atoms with Crippen LogP contribution in [0.4, 0.5) is 0 Å². The van der Waals surface area contributed by atoms with Gasteiger partial charge in [0, 0.05) is 5.92 Å². The van der Waals surface area contributed by atoms with E-state index >= 15 is 0 Å². The molecule has 3 heteroatoms. The van der Waals surface area contributed by atoms with E-state index in [1.165, 1.54) is 38.5 Å². The molecule has 2 aliphatic rings. The SMILES string of the molecule is CCCCC[C@H](O)C=C[C@@H]1[C@H]2CC(CCCCCNC)=C[C@H]2C[C@H]1O. The van der Waals surface area contributed by atoms with Gasteiger partial charge in [-0.05, 0) is 64.0 Å². The quantitative estimate of drug-likeness (QED) is 0.365. The molecule has 0 aliphatic heterocycles. The van der Waals surface area contributed by atoms with Crippen LogP contribution in [0.5, 0.6) is 0 Å². The fourth-order valence-corrected chi connectivity index (χ4v) is 4.58. The zero-order chi connectivity index (χ0) is 18.1. The van der Waals surface area contributed by atoms with Gasteiger partial charge >= 0.3 is 0 Å². The van der Waals surface area contributed by atoms with Crippen LogP contribution in [0.3, 0.4) is 0 Å². The normalized spacial score (nSPS) is 30.0. The van der Waals surface area contributed by atoms with E-state index in [4.69, 9.17) is 0 Å². The van der Waals surface area contributed by atoms with Gasteiger partial charge in [-0.25, -0.2) is 0 Å². The van der Waals surface area contributed by atoms with Crippen LogP contribution in [0.15, 0.2) is 23.8 Å². The summed E-state index contributed by atoms with van der Waals surface area (Å²) in [4.78, 5) is 0. The molecule has 0 aromatic heterocycles. The van der Waals surface area contributed by atoms with Crippen LogP contribution in [0.1, 0.15) is 71.1 Å². The summed E-state index contributed by atoms with van der Waals surface area (Å²) >= 11 is 0. The third-order valence-electron chi connectivity index (χ3n) is 6.03. The lowest BCUT2D eigenvalue weighted by Crippen LogP contribution is -2.18. The van der Waals surface area contributed by atoms with Crippen LogP contribution in [-0.4, -0.2) is 36.0 Å². The zero-order valence-electron chi connectivity index (χ0n) is 16.3. The molecule has 144 valence electrons. The maximum Gasteiger partial charge on any atom is 0.0721 e. The predicted octanol–water partition coefficient (Wildman–Crippen LogP) is 4.21. The van der Waals surface area contributed by atoms with Crippen molar-refractivity contribution in [2.24, 2.45) is 17.8 Å². The fourth-order valence-electron chi connectivity index (χ4n) is 4.58. The van der Waals surface area contributed by atoms with E-state index in [2.05, 4.69) is 24.4 Å². The Labute approximate surface area is 154 Å². The van der Waals surface area contributed by atoms with E-state index in [1.807, 2.05) is 13.1 Å². The van der Waals surface area contributed by atoms with E-state index in [9.17, 15) is 10.2 Å². The van der Waals surface area contributed by atoms with Gasteiger partial charge in [-0.1, -0.05) is 56.4 Å². The van der Waals surface area contributed by atoms with Crippen molar-refractivity contribution in [2.75, 3.05) is 13.6 Å². The molecule has 25 heavy (non-hydrogen) atoms. The summed E-state index contributed by atoms with van der Waals surface area (Å²) in [5.41, 5.74) is 1.60. The minimum absolute atomic E-state index is 0.226. The number of aliphatic hydroxyl groups excluding tert-OH is 2. The van der Waals surface area contributed by atoms with E-state index in [1.54, 1.807) is 5.57 Å². The summed E-state index contributed by atoms with van der Waals surface area (Å²) in [6.45, 7) is 3.30. The molecule has 0 saturated heterocycles. The summed E-state index contributed by atoms with van der Waals surface area (Å²) in [7, 11) is 2.01. The van der Waals surface area contributed by atoms with Crippen LogP contribution in [0.25, 0.3) is 0 Å². The van der Waals surface area contributed by atoms with Crippen molar-refractivity contribution < 1.29 is 10.2 Å². The maximum absolute atomic E-state index is 10.4. The third kappa shape index (κ3) is 6.54. The van der Waals surface area contributed by atoms with Crippen LogP contribution < -0.4 is 5.32 Å². The van der Waals surface area contributed by atoms with Gasteiger partial charge in [-0.3, -0.25) is 0 Å². The van der Waals surface area contributed by atoms with Gasteiger partial charge in [0.1, 0.15) is 0 Å². The molecule has 0 aromatic carbocycles. The third-order valence-corrected chi connectivity index (χ3v) is 6.03. The second-order valence-electron chi connectivity index (χ2n) is 8.10. The van der Waals surface area contributed by atoms with Gasteiger partial charge in [0.25, 0.3) is 0 Å². The summed E-state index contributed by atoms with van der Waals surface area (Å²) in [6, 6.07) is 0. The molecule has 0 heterocycles. The Morgan fingerprint density at radius 2 is 2.08 bits per heavy atom. The van der Waals surface area contributed by atoms with Crippen LogP contribution >= 0.6 is 0 Å². The lowest BCUT2D eigenvalue weighted by molar-refractivity contribution is 0.139. The topological polar surface area (TPSA) is 52.5 Å². The first-order valence-corrected chi connectivity index (χ1v) is 10.5. The maximum atomic E-state index is 10.4. The summed E-state index contributed by atoms with van der Waals surface area (Å²) < 4.78 is 0. The zero-order valence-corrected chi connectivity index (χ0v) is 16.3. The first kappa shape index (κ1) is 20.7. The largest absolute Gasteiger partial charge is 0.392 e. The van der Waals surface area contributed by atoms with Gasteiger partial charge in [0.05, 0.1) is 12.2 Å². The van der Waals surface area contributed by atoms with E-state index in [0.717, 1.165) is 32.2 Å². The molecule has 3 N–H and O–H groups in total. The van der Waals surface area contributed by atoms with Crippen LogP contribution in [0.2, 0.25) is 0 Å². The number of unbranched alkanes of at least 4 members (excludes halogenated alkanes) is 4. The van der Waals surface area contributed by atoms with E-state index < -0.39 is 0 Å². The Balaban J connectivity index is 1.76. The van der Waals surface area contributed by atoms with E-state index in [-0.39, 0.29) is 18.1 Å². The van der Waals surface area contributed by atoms with Crippen molar-refractivity contribution in [2.45, 2.75) is 83.3 Å². The Bertz CT molecular complexity index is 432. The van der Waals surface area contributed by atoms with Crippen molar-refractivity contribution >= 4 is 0 Å². The molecule has 0 amide bonds. The number of aliphatic hydroxyl groups is 2. The number of hydrogen-bond acceptors (Lipinski definition) is 3. The Kier molecular flexibility index (Phi) is 9.22. The number of allylic oxidation sites excluding steroid dienone is 2. The molecule has 1 fully saturated rings. The molecule has 0 unspecified atom stereocenters. The second kappa shape index (κ2) is 11.2. The number of rotatable bonds is 12. The monoisotopic (exact) mass is 349 g/mol. The number of nitrogens with one attached hydrogen (secondary N) is 1. The van der Waals surface area contributed by atoms with Gasteiger partial charge in [0.15, 0.2) is 0 Å². The standard InChI is InChI=1S/C22H39NO2/c1-3-4-6-10-19(24)11-12-20-21-15-17(9-7-5-8-13-23-2)14-18(21)16-22(20)25/h11-12,14,18-25H,3-10,13,15-16H2,1-2H3/t18-,19-,20+,21-,22+/m0/s1. The molecule has 2 rings (SSSR count). The summed E-state index contributed by atoms with van der Waals surface area (Å²) in [6.07, 6.45) is 17.3. The van der Waals surface area contributed by atoms with Gasteiger partial charge in [-0.2, -0.15) is 0 Å². The highest BCUT2D eigenvalue weighted by atomic mass is 16.3. The summed E-state index contributed by atoms with van der Waals surface area (Å²) in [5.74, 6) is 1.33. The smallest absolute Gasteiger partial charge is 0.0721 e. The fraction of sp³-hybridized carbons (Fsp3) is 0.818. The number of hydrogen-bond donors (Lipinski definition) is 3. The van der Waals surface area contributed by atoms with Crippen molar-refractivity contribution in [3.05, 3.63) is 23.8 Å². The van der Waals surface area contributed by atoms with Crippen molar-refractivity contribution in [1.82, 2.24) is 5.32 Å². The Hall–Kier alpha value is -0.640. The molecular weight excluding hydrogens is 310 g/mol. The van der Waals surface area contributed by atoms with Gasteiger partial charge in [0.2, 0.25) is 0 Å². The minimum Gasteiger partial charge on any atom is -0.392 e. The highest BCUT2D eigenvalue weighted by Gasteiger charge is 2.43. The molecule has 1 saturated carbocycles. The van der Waals surface area contributed by atoms with Crippen LogP contribution in [-0.2, 0) is 0 Å². The first-order valence-electron chi connectivity index (χ1n) is 10.5. The average molecular weight is 350 g/mol. The molecule has 0 spiro atoms. The second-order valence-corrected chi connectivity index (χ2v) is 8.10.